The third kappa shape index (κ3) is 4.19. The average Bonchev–Trinajstić information content (AvgIpc) is 2.33. The molecule has 0 saturated heterocycles. The predicted molar refractivity (Wildman–Crippen MR) is 74.0 cm³/mol. The minimum Gasteiger partial charge on any atom is -0.383 e. The Morgan fingerprint density at radius 1 is 1.41 bits per heavy atom. The molecule has 0 aliphatic rings. The van der Waals surface area contributed by atoms with Crippen LogP contribution in [0.15, 0.2) is 18.2 Å². The van der Waals surface area contributed by atoms with Crippen LogP contribution in [0.1, 0.15) is 12.5 Å². The fourth-order valence-electron chi connectivity index (χ4n) is 1.82. The van der Waals surface area contributed by atoms with Crippen LogP contribution in [0, 0.1) is 0 Å². The lowest BCUT2D eigenvalue weighted by Crippen LogP contribution is -2.28. The molecule has 0 aliphatic carbocycles. The third-order valence-corrected chi connectivity index (χ3v) is 2.94. The van der Waals surface area contributed by atoms with Gasteiger partial charge < -0.3 is 15.0 Å². The molecule has 0 spiro atoms. The lowest BCUT2D eigenvalue weighted by molar-refractivity contribution is 0.205. The molecule has 1 aromatic carbocycles. The average molecular weight is 257 g/mol. The first-order valence-electron chi connectivity index (χ1n) is 5.89. The van der Waals surface area contributed by atoms with Crippen molar-refractivity contribution in [3.63, 3.8) is 0 Å². The number of hydrogen-bond donors (Lipinski definition) is 1. The summed E-state index contributed by atoms with van der Waals surface area (Å²) in [5.74, 6) is 0. The van der Waals surface area contributed by atoms with E-state index in [4.69, 9.17) is 16.3 Å². The highest BCUT2D eigenvalue weighted by atomic mass is 35.5. The zero-order chi connectivity index (χ0) is 12.7. The van der Waals surface area contributed by atoms with Crippen molar-refractivity contribution in [3.05, 3.63) is 28.8 Å². The monoisotopic (exact) mass is 256 g/mol. The molecule has 0 radical (unpaired) electrons. The fourth-order valence-corrected chi connectivity index (χ4v) is 1.99. The molecule has 96 valence electrons. The Morgan fingerprint density at radius 2 is 2.18 bits per heavy atom. The molecule has 0 amide bonds. The van der Waals surface area contributed by atoms with Crippen LogP contribution in [0.4, 0.5) is 5.69 Å². The van der Waals surface area contributed by atoms with Gasteiger partial charge in [-0.3, -0.25) is 0 Å². The van der Waals surface area contributed by atoms with Crippen LogP contribution in [0.5, 0.6) is 0 Å². The van der Waals surface area contributed by atoms with Gasteiger partial charge in [0.25, 0.3) is 0 Å². The Bertz CT molecular complexity index is 344. The van der Waals surface area contributed by atoms with Crippen LogP contribution in [0.2, 0.25) is 5.02 Å². The molecule has 0 atom stereocenters. The maximum absolute atomic E-state index is 6.07. The molecule has 0 aliphatic heterocycles. The summed E-state index contributed by atoms with van der Waals surface area (Å²) in [5.41, 5.74) is 2.45. The number of nitrogens with one attached hydrogen (secondary N) is 1. The number of nitrogens with zero attached hydrogens (tertiary/aromatic N) is 1. The Balaban J connectivity index is 2.93. The van der Waals surface area contributed by atoms with Gasteiger partial charge in [-0.2, -0.15) is 0 Å². The van der Waals surface area contributed by atoms with E-state index in [1.165, 1.54) is 11.3 Å². The van der Waals surface area contributed by atoms with Gasteiger partial charge in [-0.15, -0.1) is 0 Å². The van der Waals surface area contributed by atoms with Crippen LogP contribution in [0.3, 0.4) is 0 Å². The number of ether oxygens (including phenoxy) is 1. The molecule has 0 bridgehead atoms. The summed E-state index contributed by atoms with van der Waals surface area (Å²) in [5, 5.41) is 3.95. The maximum Gasteiger partial charge on any atom is 0.0637 e. The highest BCUT2D eigenvalue weighted by Gasteiger charge is 2.09. The van der Waals surface area contributed by atoms with Gasteiger partial charge in [0.05, 0.1) is 6.61 Å². The minimum atomic E-state index is 0.722. The van der Waals surface area contributed by atoms with E-state index in [-0.39, 0.29) is 0 Å². The standard InChI is InChI=1S/C13H21ClN2O/c1-4-16(7-8-17-3)13-9-12(14)6-5-11(13)10-15-2/h5-6,9,15H,4,7-8,10H2,1-3H3. The van der Waals surface area contributed by atoms with Crippen molar-refractivity contribution in [2.75, 3.05) is 38.8 Å². The van der Waals surface area contributed by atoms with Gasteiger partial charge in [0.15, 0.2) is 0 Å². The SMILES string of the molecule is CCN(CCOC)c1cc(Cl)ccc1CNC. The number of hydrogen-bond acceptors (Lipinski definition) is 3. The summed E-state index contributed by atoms with van der Waals surface area (Å²) in [7, 11) is 3.67. The number of halogens is 1. The molecule has 3 nitrogen and oxygen atoms in total. The van der Waals surface area contributed by atoms with Gasteiger partial charge in [0.1, 0.15) is 0 Å². The van der Waals surface area contributed by atoms with E-state index in [0.717, 1.165) is 31.3 Å². The van der Waals surface area contributed by atoms with E-state index in [2.05, 4.69) is 23.2 Å². The van der Waals surface area contributed by atoms with Gasteiger partial charge in [0.2, 0.25) is 0 Å². The van der Waals surface area contributed by atoms with Crippen LogP contribution in [0.25, 0.3) is 0 Å². The van der Waals surface area contributed by atoms with Crippen molar-refractivity contribution >= 4 is 17.3 Å². The van der Waals surface area contributed by atoms with Crippen molar-refractivity contribution in [1.29, 1.82) is 0 Å². The van der Waals surface area contributed by atoms with E-state index < -0.39 is 0 Å². The molecule has 0 aromatic heterocycles. The van der Waals surface area contributed by atoms with Gasteiger partial charge in [-0.1, -0.05) is 17.7 Å². The Kier molecular flexibility index (Phi) is 6.34. The van der Waals surface area contributed by atoms with E-state index in [9.17, 15) is 0 Å². The predicted octanol–water partition coefficient (Wildman–Crippen LogP) is 2.53. The Labute approximate surface area is 109 Å². The van der Waals surface area contributed by atoms with E-state index in [1.807, 2.05) is 19.2 Å². The molecule has 4 heteroatoms. The summed E-state index contributed by atoms with van der Waals surface area (Å²) in [6.07, 6.45) is 0. The maximum atomic E-state index is 6.07. The molecule has 0 unspecified atom stereocenters. The number of likely N-dealkylation sites (N-methyl/N-ethyl adjacent to an activating group) is 1. The molecule has 1 rings (SSSR count). The van der Waals surface area contributed by atoms with E-state index >= 15 is 0 Å². The first-order valence-corrected chi connectivity index (χ1v) is 6.27. The van der Waals surface area contributed by atoms with Crippen LogP contribution < -0.4 is 10.2 Å². The summed E-state index contributed by atoms with van der Waals surface area (Å²) in [6.45, 7) is 5.53. The molecule has 17 heavy (non-hydrogen) atoms. The molecular weight excluding hydrogens is 236 g/mol. The lowest BCUT2D eigenvalue weighted by atomic mass is 10.1. The Hall–Kier alpha value is -0.770. The minimum absolute atomic E-state index is 0.722. The molecule has 1 N–H and O–H groups in total. The quantitative estimate of drug-likeness (QED) is 0.812. The van der Waals surface area contributed by atoms with Gasteiger partial charge in [-0.05, 0) is 31.7 Å². The van der Waals surface area contributed by atoms with Crippen molar-refractivity contribution in [3.8, 4) is 0 Å². The second-order valence-electron chi connectivity index (χ2n) is 3.88. The summed E-state index contributed by atoms with van der Waals surface area (Å²) in [6, 6.07) is 6.03. The molecule has 0 saturated carbocycles. The van der Waals surface area contributed by atoms with Crippen LogP contribution in [-0.4, -0.2) is 33.9 Å². The summed E-state index contributed by atoms with van der Waals surface area (Å²) in [4.78, 5) is 2.28. The second kappa shape index (κ2) is 7.54. The first kappa shape index (κ1) is 14.3. The normalized spacial score (nSPS) is 10.6. The van der Waals surface area contributed by atoms with Gasteiger partial charge in [-0.25, -0.2) is 0 Å². The molecule has 0 heterocycles. The van der Waals surface area contributed by atoms with E-state index in [0.29, 0.717) is 0 Å². The first-order chi connectivity index (χ1) is 8.22. The highest BCUT2D eigenvalue weighted by Crippen LogP contribution is 2.24. The van der Waals surface area contributed by atoms with Crippen LogP contribution >= 0.6 is 11.6 Å². The molecular formula is C13H21ClN2O. The lowest BCUT2D eigenvalue weighted by Gasteiger charge is -2.25. The van der Waals surface area contributed by atoms with Gasteiger partial charge in [0, 0.05) is 37.5 Å². The second-order valence-corrected chi connectivity index (χ2v) is 4.31. The number of methoxy groups -OCH3 is 1. The summed E-state index contributed by atoms with van der Waals surface area (Å²) < 4.78 is 5.14. The molecule has 0 fully saturated rings. The zero-order valence-electron chi connectivity index (χ0n) is 10.8. The topological polar surface area (TPSA) is 24.5 Å². The van der Waals surface area contributed by atoms with Crippen molar-refractivity contribution in [1.82, 2.24) is 5.32 Å². The highest BCUT2D eigenvalue weighted by molar-refractivity contribution is 6.30. The number of anilines is 1. The number of benzene rings is 1. The van der Waals surface area contributed by atoms with E-state index in [1.54, 1.807) is 7.11 Å². The fraction of sp³-hybridized carbons (Fsp3) is 0.538. The van der Waals surface area contributed by atoms with Gasteiger partial charge >= 0.3 is 0 Å². The smallest absolute Gasteiger partial charge is 0.0637 e. The zero-order valence-corrected chi connectivity index (χ0v) is 11.5. The van der Waals surface area contributed by atoms with Crippen molar-refractivity contribution < 1.29 is 4.74 Å². The largest absolute Gasteiger partial charge is 0.383 e. The Morgan fingerprint density at radius 3 is 2.76 bits per heavy atom. The van der Waals surface area contributed by atoms with Crippen molar-refractivity contribution in [2.24, 2.45) is 0 Å². The molecule has 1 aromatic rings. The third-order valence-electron chi connectivity index (χ3n) is 2.70. The van der Waals surface area contributed by atoms with Crippen molar-refractivity contribution in [2.45, 2.75) is 13.5 Å². The van der Waals surface area contributed by atoms with Crippen LogP contribution in [-0.2, 0) is 11.3 Å². The number of rotatable bonds is 7. The summed E-state index contributed by atoms with van der Waals surface area (Å²) >= 11 is 6.07.